The molecule has 1 aromatic rings. The van der Waals surface area contributed by atoms with E-state index in [0.29, 0.717) is 0 Å². The predicted molar refractivity (Wildman–Crippen MR) is 61.8 cm³/mol. The van der Waals surface area contributed by atoms with Crippen LogP contribution in [0.5, 0.6) is 11.5 Å². The quantitative estimate of drug-likeness (QED) is 0.799. The second kappa shape index (κ2) is 3.39. The van der Waals surface area contributed by atoms with Crippen LogP contribution in [0.3, 0.4) is 0 Å². The van der Waals surface area contributed by atoms with Crippen LogP contribution in [0, 0.1) is 0 Å². The summed E-state index contributed by atoms with van der Waals surface area (Å²) in [6.45, 7) is 8.13. The van der Waals surface area contributed by atoms with Gasteiger partial charge in [0.1, 0.15) is 22.7 Å². The number of phenolic OH excluding ortho intramolecular Hbond substituents is 1. The Bertz CT molecular complexity index is 383. The van der Waals surface area contributed by atoms with Crippen molar-refractivity contribution >= 4 is 0 Å². The zero-order valence-electron chi connectivity index (χ0n) is 10.2. The van der Waals surface area contributed by atoms with E-state index in [1.807, 2.05) is 20.8 Å². The van der Waals surface area contributed by atoms with Crippen LogP contribution in [0.25, 0.3) is 0 Å². The van der Waals surface area contributed by atoms with Gasteiger partial charge in [0.25, 0.3) is 0 Å². The predicted octanol–water partition coefficient (Wildman–Crippen LogP) is 2.73. The van der Waals surface area contributed by atoms with E-state index in [0.717, 1.165) is 5.75 Å². The first-order chi connectivity index (χ1) is 7.35. The Hall–Kier alpha value is -1.22. The van der Waals surface area contributed by atoms with Gasteiger partial charge >= 0.3 is 0 Å². The van der Waals surface area contributed by atoms with Gasteiger partial charge in [-0.2, -0.15) is 0 Å². The molecule has 1 N–H and O–H groups in total. The smallest absolute Gasteiger partial charge is 0.134 e. The van der Waals surface area contributed by atoms with Gasteiger partial charge in [0.15, 0.2) is 0 Å². The Labute approximate surface area is 96.0 Å². The van der Waals surface area contributed by atoms with Crippen LogP contribution in [-0.4, -0.2) is 22.4 Å². The zero-order chi connectivity index (χ0) is 12.0. The summed E-state index contributed by atoms with van der Waals surface area (Å²) in [5.41, 5.74) is -0.617. The van der Waals surface area contributed by atoms with Crippen molar-refractivity contribution in [1.29, 1.82) is 0 Å². The summed E-state index contributed by atoms with van der Waals surface area (Å²) in [4.78, 5) is 0. The fourth-order valence-electron chi connectivity index (χ4n) is 1.87. The van der Waals surface area contributed by atoms with Crippen LogP contribution in [0.15, 0.2) is 24.3 Å². The number of benzene rings is 1. The van der Waals surface area contributed by atoms with Gasteiger partial charge in [-0.15, -0.1) is 0 Å². The minimum Gasteiger partial charge on any atom is -0.508 e. The highest BCUT2D eigenvalue weighted by molar-refractivity contribution is 5.31. The molecule has 0 amide bonds. The highest BCUT2D eigenvalue weighted by Gasteiger charge is 2.61. The van der Waals surface area contributed by atoms with Crippen molar-refractivity contribution in [3.63, 3.8) is 0 Å². The van der Waals surface area contributed by atoms with Crippen molar-refractivity contribution in [3.8, 4) is 11.5 Å². The van der Waals surface area contributed by atoms with E-state index in [2.05, 4.69) is 6.92 Å². The molecule has 3 nitrogen and oxygen atoms in total. The Balaban J connectivity index is 2.12. The van der Waals surface area contributed by atoms with Gasteiger partial charge in [0.05, 0.1) is 6.10 Å². The van der Waals surface area contributed by atoms with Gasteiger partial charge in [0.2, 0.25) is 0 Å². The first kappa shape index (κ1) is 11.3. The molecular formula is C13H18O3. The number of ether oxygens (including phenoxy) is 2. The van der Waals surface area contributed by atoms with Gasteiger partial charge in [-0.25, -0.2) is 0 Å². The van der Waals surface area contributed by atoms with Crippen LogP contribution >= 0.6 is 0 Å². The molecule has 16 heavy (non-hydrogen) atoms. The van der Waals surface area contributed by atoms with Crippen molar-refractivity contribution < 1.29 is 14.6 Å². The topological polar surface area (TPSA) is 42.0 Å². The molecule has 2 unspecified atom stereocenters. The fourth-order valence-corrected chi connectivity index (χ4v) is 1.87. The van der Waals surface area contributed by atoms with Crippen molar-refractivity contribution in [1.82, 2.24) is 0 Å². The summed E-state index contributed by atoms with van der Waals surface area (Å²) in [5, 5.41) is 9.19. The largest absolute Gasteiger partial charge is 0.508 e. The number of aromatic hydroxyl groups is 1. The average molecular weight is 222 g/mol. The van der Waals surface area contributed by atoms with E-state index in [1.54, 1.807) is 24.3 Å². The molecule has 0 aromatic heterocycles. The molecule has 0 radical (unpaired) electrons. The molecule has 3 heteroatoms. The molecule has 0 bridgehead atoms. The molecule has 1 aliphatic rings. The van der Waals surface area contributed by atoms with Crippen molar-refractivity contribution in [2.45, 2.75) is 45.0 Å². The van der Waals surface area contributed by atoms with E-state index in [-0.39, 0.29) is 23.1 Å². The van der Waals surface area contributed by atoms with E-state index >= 15 is 0 Å². The summed E-state index contributed by atoms with van der Waals surface area (Å²) in [7, 11) is 0. The van der Waals surface area contributed by atoms with Gasteiger partial charge < -0.3 is 14.6 Å². The van der Waals surface area contributed by atoms with E-state index in [4.69, 9.17) is 9.47 Å². The third-order valence-electron chi connectivity index (χ3n) is 3.55. The monoisotopic (exact) mass is 222 g/mol. The zero-order valence-corrected chi connectivity index (χ0v) is 10.2. The molecule has 0 aliphatic carbocycles. The summed E-state index contributed by atoms with van der Waals surface area (Å²) in [6.07, 6.45) is 0.222. The molecule has 1 aliphatic heterocycles. The number of hydrogen-bond acceptors (Lipinski definition) is 3. The maximum Gasteiger partial charge on any atom is 0.134 e. The number of rotatable bonds is 3. The molecule has 0 saturated carbocycles. The molecule has 1 saturated heterocycles. The Kier molecular flexibility index (Phi) is 2.39. The van der Waals surface area contributed by atoms with Crippen molar-refractivity contribution in [3.05, 3.63) is 24.3 Å². The molecule has 1 fully saturated rings. The maximum absolute atomic E-state index is 9.19. The molecule has 1 heterocycles. The van der Waals surface area contributed by atoms with Crippen molar-refractivity contribution in [2.75, 3.05) is 0 Å². The first-order valence-corrected chi connectivity index (χ1v) is 5.51. The van der Waals surface area contributed by atoms with Crippen molar-refractivity contribution in [2.24, 2.45) is 0 Å². The molecular weight excluding hydrogens is 204 g/mol. The van der Waals surface area contributed by atoms with Crippen LogP contribution in [-0.2, 0) is 4.74 Å². The third kappa shape index (κ3) is 1.76. The van der Waals surface area contributed by atoms with Gasteiger partial charge in [0, 0.05) is 0 Å². The highest BCUT2D eigenvalue weighted by atomic mass is 16.6. The summed E-state index contributed by atoms with van der Waals surface area (Å²) < 4.78 is 11.5. The second-order valence-corrected chi connectivity index (χ2v) is 4.97. The minimum atomic E-state index is -0.386. The SMILES string of the molecule is CC1OC1(C)C(C)(C)Oc1ccc(O)cc1. The van der Waals surface area contributed by atoms with E-state index in [9.17, 15) is 5.11 Å². The van der Waals surface area contributed by atoms with Crippen LogP contribution in [0.1, 0.15) is 27.7 Å². The molecule has 0 spiro atoms. The summed E-state index contributed by atoms with van der Waals surface area (Å²) >= 11 is 0. The average Bonchev–Trinajstić information content (AvgIpc) is 2.81. The summed E-state index contributed by atoms with van der Waals surface area (Å²) in [5.74, 6) is 0.985. The molecule has 2 rings (SSSR count). The molecule has 2 atom stereocenters. The third-order valence-corrected chi connectivity index (χ3v) is 3.55. The number of phenols is 1. The highest BCUT2D eigenvalue weighted by Crippen LogP contribution is 2.46. The van der Waals surface area contributed by atoms with Crippen LogP contribution in [0.4, 0.5) is 0 Å². The Morgan fingerprint density at radius 2 is 1.81 bits per heavy atom. The maximum atomic E-state index is 9.19. The molecule has 88 valence electrons. The lowest BCUT2D eigenvalue weighted by Crippen LogP contribution is -2.44. The molecule has 1 aromatic carbocycles. The van der Waals surface area contributed by atoms with Crippen LogP contribution < -0.4 is 4.74 Å². The Morgan fingerprint density at radius 1 is 1.31 bits per heavy atom. The minimum absolute atomic E-state index is 0.222. The van der Waals surface area contributed by atoms with Gasteiger partial charge in [-0.05, 0) is 52.0 Å². The normalized spacial score (nSPS) is 28.9. The number of hydrogen-bond donors (Lipinski definition) is 1. The van der Waals surface area contributed by atoms with E-state index < -0.39 is 0 Å². The lowest BCUT2D eigenvalue weighted by atomic mass is 9.89. The first-order valence-electron chi connectivity index (χ1n) is 5.51. The lowest BCUT2D eigenvalue weighted by molar-refractivity contribution is 0.0267. The van der Waals surface area contributed by atoms with E-state index in [1.165, 1.54) is 0 Å². The van der Waals surface area contributed by atoms with Gasteiger partial charge in [-0.3, -0.25) is 0 Å². The summed E-state index contributed by atoms with van der Waals surface area (Å²) in [6, 6.07) is 6.75. The number of epoxide rings is 1. The Morgan fingerprint density at radius 3 is 2.25 bits per heavy atom. The standard InChI is InChI=1S/C13H18O3/c1-9-13(4,15-9)12(2,3)16-11-7-5-10(14)6-8-11/h5-9,14H,1-4H3. The van der Waals surface area contributed by atoms with Crippen LogP contribution in [0.2, 0.25) is 0 Å². The van der Waals surface area contributed by atoms with Gasteiger partial charge in [-0.1, -0.05) is 0 Å². The lowest BCUT2D eigenvalue weighted by Gasteiger charge is -2.31. The second-order valence-electron chi connectivity index (χ2n) is 4.97. The fraction of sp³-hybridized carbons (Fsp3) is 0.538.